The van der Waals surface area contributed by atoms with Crippen LogP contribution in [0.5, 0.6) is 0 Å². The number of hydrogen-bond acceptors (Lipinski definition) is 2. The minimum atomic E-state index is -0.732. The summed E-state index contributed by atoms with van der Waals surface area (Å²) in [5.74, 6) is -1.32. The molecule has 0 aliphatic carbocycles. The van der Waals surface area contributed by atoms with Gasteiger partial charge in [-0.3, -0.25) is 4.79 Å². The third-order valence-corrected chi connectivity index (χ3v) is 2.55. The first kappa shape index (κ1) is 10.9. The molecular formula is C10H5BrF2N2O. The van der Waals surface area contributed by atoms with Gasteiger partial charge in [-0.2, -0.15) is 0 Å². The molecule has 0 saturated carbocycles. The molecule has 2 rings (SSSR count). The van der Waals surface area contributed by atoms with Gasteiger partial charge in [-0.25, -0.2) is 13.8 Å². The van der Waals surface area contributed by atoms with Crippen LogP contribution < -0.4 is 0 Å². The maximum absolute atomic E-state index is 13.4. The molecule has 0 bridgehead atoms. The highest BCUT2D eigenvalue weighted by atomic mass is 79.9. The molecule has 2 aromatic rings. The van der Waals surface area contributed by atoms with Crippen molar-refractivity contribution in [2.45, 2.75) is 0 Å². The smallest absolute Gasteiger partial charge is 0.185 e. The number of aromatic nitrogens is 2. The van der Waals surface area contributed by atoms with Crippen molar-refractivity contribution >= 4 is 22.2 Å². The summed E-state index contributed by atoms with van der Waals surface area (Å²) < 4.78 is 26.5. The number of rotatable bonds is 2. The van der Waals surface area contributed by atoms with Gasteiger partial charge in [0, 0.05) is 11.6 Å². The summed E-state index contributed by atoms with van der Waals surface area (Å²) in [6, 6.07) is 3.15. The maximum atomic E-state index is 13.4. The number of halogens is 3. The van der Waals surface area contributed by atoms with Crippen LogP contribution in [0.1, 0.15) is 10.6 Å². The van der Waals surface area contributed by atoms with Gasteiger partial charge in [0.1, 0.15) is 21.9 Å². The first-order valence-corrected chi connectivity index (χ1v) is 5.07. The van der Waals surface area contributed by atoms with E-state index in [1.165, 1.54) is 6.07 Å². The first-order valence-electron chi connectivity index (χ1n) is 4.28. The number of carbonyl (C=O) groups is 1. The van der Waals surface area contributed by atoms with Gasteiger partial charge in [0.2, 0.25) is 0 Å². The van der Waals surface area contributed by atoms with E-state index < -0.39 is 11.6 Å². The Morgan fingerprint density at radius 3 is 2.69 bits per heavy atom. The molecule has 0 unspecified atom stereocenters. The molecule has 6 heteroatoms. The zero-order valence-electron chi connectivity index (χ0n) is 7.80. The van der Waals surface area contributed by atoms with E-state index >= 15 is 0 Å². The average molecular weight is 287 g/mol. The van der Waals surface area contributed by atoms with Gasteiger partial charge < -0.3 is 4.98 Å². The van der Waals surface area contributed by atoms with E-state index in [0.717, 1.165) is 12.1 Å². The second-order valence-electron chi connectivity index (χ2n) is 3.03. The fraction of sp³-hybridized carbons (Fsp3) is 0. The minimum Gasteiger partial charge on any atom is -0.330 e. The van der Waals surface area contributed by atoms with Crippen LogP contribution in [-0.4, -0.2) is 16.3 Å². The third-order valence-electron chi connectivity index (χ3n) is 1.98. The van der Waals surface area contributed by atoms with Gasteiger partial charge >= 0.3 is 0 Å². The predicted molar refractivity (Wildman–Crippen MR) is 57.0 cm³/mol. The number of H-pyrrole nitrogens is 1. The van der Waals surface area contributed by atoms with E-state index in [2.05, 4.69) is 25.9 Å². The van der Waals surface area contributed by atoms with E-state index in [4.69, 9.17) is 0 Å². The normalized spacial score (nSPS) is 10.4. The highest BCUT2D eigenvalue weighted by Crippen LogP contribution is 2.28. The van der Waals surface area contributed by atoms with Gasteiger partial charge in [0.25, 0.3) is 0 Å². The van der Waals surface area contributed by atoms with Crippen LogP contribution in [0.4, 0.5) is 8.78 Å². The SMILES string of the molecule is O=Cc1nc(-c2ccc(F)cc2F)c(Br)[nH]1. The van der Waals surface area contributed by atoms with E-state index in [0.29, 0.717) is 10.9 Å². The fourth-order valence-electron chi connectivity index (χ4n) is 1.28. The highest BCUT2D eigenvalue weighted by Gasteiger charge is 2.14. The molecule has 82 valence electrons. The summed E-state index contributed by atoms with van der Waals surface area (Å²) in [4.78, 5) is 16.9. The lowest BCUT2D eigenvalue weighted by Gasteiger charge is -1.99. The molecule has 0 amide bonds. The molecule has 16 heavy (non-hydrogen) atoms. The Morgan fingerprint density at radius 2 is 2.12 bits per heavy atom. The summed E-state index contributed by atoms with van der Waals surface area (Å²) in [5.41, 5.74) is 0.359. The number of imidazole rings is 1. The van der Waals surface area contributed by atoms with Crippen molar-refractivity contribution in [1.29, 1.82) is 0 Å². The summed E-state index contributed by atoms with van der Waals surface area (Å²) in [6.07, 6.45) is 0.510. The van der Waals surface area contributed by atoms with Crippen LogP contribution >= 0.6 is 15.9 Å². The van der Waals surface area contributed by atoms with Crippen LogP contribution in [-0.2, 0) is 0 Å². The van der Waals surface area contributed by atoms with Crippen molar-refractivity contribution < 1.29 is 13.6 Å². The van der Waals surface area contributed by atoms with Crippen LogP contribution in [0.3, 0.4) is 0 Å². The second-order valence-corrected chi connectivity index (χ2v) is 3.82. The third kappa shape index (κ3) is 1.88. The lowest BCUT2D eigenvalue weighted by molar-refractivity contribution is 0.111. The Labute approximate surface area is 97.6 Å². The van der Waals surface area contributed by atoms with Gasteiger partial charge in [0.15, 0.2) is 12.1 Å². The zero-order valence-corrected chi connectivity index (χ0v) is 9.38. The Hall–Kier alpha value is -1.56. The Morgan fingerprint density at radius 1 is 1.38 bits per heavy atom. The topological polar surface area (TPSA) is 45.8 Å². The highest BCUT2D eigenvalue weighted by molar-refractivity contribution is 9.10. The first-order chi connectivity index (χ1) is 7.61. The van der Waals surface area contributed by atoms with Crippen molar-refractivity contribution in [3.05, 3.63) is 40.3 Å². The average Bonchev–Trinajstić information content (AvgIpc) is 2.60. The Bertz CT molecular complexity index is 554. The minimum absolute atomic E-state index is 0.0746. The molecule has 0 radical (unpaired) electrons. The molecule has 1 aromatic heterocycles. The molecular weight excluding hydrogens is 282 g/mol. The molecule has 1 heterocycles. The largest absolute Gasteiger partial charge is 0.330 e. The van der Waals surface area contributed by atoms with Crippen LogP contribution in [0.15, 0.2) is 22.8 Å². The summed E-state index contributed by atoms with van der Waals surface area (Å²) in [5, 5.41) is 0. The quantitative estimate of drug-likeness (QED) is 0.863. The van der Waals surface area contributed by atoms with Crippen LogP contribution in [0.2, 0.25) is 0 Å². The predicted octanol–water partition coefficient (Wildman–Crippen LogP) is 2.93. The summed E-state index contributed by atoms with van der Waals surface area (Å²) >= 11 is 3.11. The molecule has 0 atom stereocenters. The molecule has 0 saturated heterocycles. The van der Waals surface area contributed by atoms with Crippen molar-refractivity contribution in [2.75, 3.05) is 0 Å². The number of aromatic amines is 1. The number of aldehydes is 1. The molecule has 0 aliphatic heterocycles. The molecule has 0 aliphatic rings. The second kappa shape index (κ2) is 4.13. The summed E-state index contributed by atoms with van der Waals surface area (Å²) in [6.45, 7) is 0. The van der Waals surface area contributed by atoms with E-state index in [-0.39, 0.29) is 17.1 Å². The number of benzene rings is 1. The van der Waals surface area contributed by atoms with E-state index in [1.807, 2.05) is 0 Å². The monoisotopic (exact) mass is 286 g/mol. The standard InChI is InChI=1S/C10H5BrF2N2O/c11-10-9(14-8(4-16)15-10)6-2-1-5(12)3-7(6)13/h1-4H,(H,14,15). The van der Waals surface area contributed by atoms with Crippen molar-refractivity contribution in [3.8, 4) is 11.3 Å². The maximum Gasteiger partial charge on any atom is 0.185 e. The fourth-order valence-corrected chi connectivity index (χ4v) is 1.79. The van der Waals surface area contributed by atoms with Crippen LogP contribution in [0.25, 0.3) is 11.3 Å². The zero-order chi connectivity index (χ0) is 11.7. The Kier molecular flexibility index (Phi) is 2.82. The molecule has 1 N–H and O–H groups in total. The number of carbonyl (C=O) groups excluding carboxylic acids is 1. The van der Waals surface area contributed by atoms with Gasteiger partial charge in [-0.15, -0.1) is 0 Å². The van der Waals surface area contributed by atoms with Gasteiger partial charge in [0.05, 0.1) is 0 Å². The van der Waals surface area contributed by atoms with Crippen molar-refractivity contribution in [1.82, 2.24) is 9.97 Å². The van der Waals surface area contributed by atoms with Gasteiger partial charge in [-0.1, -0.05) is 0 Å². The molecule has 0 spiro atoms. The molecule has 1 aromatic carbocycles. The Balaban J connectivity index is 2.57. The van der Waals surface area contributed by atoms with Gasteiger partial charge in [-0.05, 0) is 28.1 Å². The number of nitrogens with one attached hydrogen (secondary N) is 1. The number of hydrogen-bond donors (Lipinski definition) is 1. The lowest BCUT2D eigenvalue weighted by Crippen LogP contribution is -1.87. The van der Waals surface area contributed by atoms with Crippen molar-refractivity contribution in [2.24, 2.45) is 0 Å². The summed E-state index contributed by atoms with van der Waals surface area (Å²) in [7, 11) is 0. The van der Waals surface area contributed by atoms with E-state index in [9.17, 15) is 13.6 Å². The van der Waals surface area contributed by atoms with Crippen molar-refractivity contribution in [3.63, 3.8) is 0 Å². The molecule has 0 fully saturated rings. The van der Waals surface area contributed by atoms with E-state index in [1.54, 1.807) is 0 Å². The lowest BCUT2D eigenvalue weighted by atomic mass is 10.1. The molecule has 3 nitrogen and oxygen atoms in total. The number of nitrogens with zero attached hydrogens (tertiary/aromatic N) is 1. The van der Waals surface area contributed by atoms with Crippen LogP contribution in [0, 0.1) is 11.6 Å².